The molecule has 1 atom stereocenters. The van der Waals surface area contributed by atoms with E-state index in [1.807, 2.05) is 0 Å². The van der Waals surface area contributed by atoms with Crippen molar-refractivity contribution in [1.82, 2.24) is 4.98 Å². The second-order valence-corrected chi connectivity index (χ2v) is 3.81. The zero-order valence-corrected chi connectivity index (χ0v) is 9.22. The zero-order valence-electron chi connectivity index (χ0n) is 9.22. The lowest BCUT2D eigenvalue weighted by atomic mass is 10.0. The molecule has 1 aromatic carbocycles. The third-order valence-electron chi connectivity index (χ3n) is 2.55. The Balaban J connectivity index is 2.25. The van der Waals surface area contributed by atoms with Gasteiger partial charge < -0.3 is 5.11 Å². The number of hydrogen-bond acceptors (Lipinski definition) is 2. The number of pyridine rings is 1. The Morgan fingerprint density at radius 2 is 1.67 bits per heavy atom. The number of benzene rings is 1. The van der Waals surface area contributed by atoms with Crippen LogP contribution in [0.15, 0.2) is 48.8 Å². The Morgan fingerprint density at radius 3 is 2.17 bits per heavy atom. The van der Waals surface area contributed by atoms with E-state index in [1.54, 1.807) is 18.3 Å². The molecule has 0 saturated carbocycles. The molecule has 0 radical (unpaired) electrons. The lowest BCUT2D eigenvalue weighted by Crippen LogP contribution is -2.06. The van der Waals surface area contributed by atoms with Crippen molar-refractivity contribution in [3.63, 3.8) is 0 Å². The van der Waals surface area contributed by atoms with Crippen molar-refractivity contribution in [1.29, 1.82) is 0 Å². The van der Waals surface area contributed by atoms with Gasteiger partial charge in [-0.2, -0.15) is 13.2 Å². The predicted molar refractivity (Wildman–Crippen MR) is 59.7 cm³/mol. The Morgan fingerprint density at radius 1 is 1.00 bits per heavy atom. The fraction of sp³-hybridized carbons (Fsp3) is 0.154. The first kappa shape index (κ1) is 12.6. The van der Waals surface area contributed by atoms with Gasteiger partial charge in [0.25, 0.3) is 0 Å². The molecule has 0 amide bonds. The summed E-state index contributed by atoms with van der Waals surface area (Å²) in [7, 11) is 0. The van der Waals surface area contributed by atoms with Gasteiger partial charge in [-0.25, -0.2) is 0 Å². The summed E-state index contributed by atoms with van der Waals surface area (Å²) < 4.78 is 37.1. The molecule has 18 heavy (non-hydrogen) atoms. The molecule has 0 fully saturated rings. The smallest absolute Gasteiger partial charge is 0.384 e. The van der Waals surface area contributed by atoms with E-state index in [1.165, 1.54) is 18.3 Å². The van der Waals surface area contributed by atoms with Gasteiger partial charge in [-0.05, 0) is 23.8 Å². The van der Waals surface area contributed by atoms with Crippen LogP contribution in [0, 0.1) is 0 Å². The maximum Gasteiger partial charge on any atom is 0.416 e. The minimum absolute atomic E-state index is 0.399. The quantitative estimate of drug-likeness (QED) is 0.891. The summed E-state index contributed by atoms with van der Waals surface area (Å²) in [6.45, 7) is 0. The minimum Gasteiger partial charge on any atom is -0.384 e. The van der Waals surface area contributed by atoms with E-state index < -0.39 is 17.8 Å². The number of nitrogens with zero attached hydrogens (tertiary/aromatic N) is 1. The van der Waals surface area contributed by atoms with Crippen molar-refractivity contribution in [2.75, 3.05) is 0 Å². The molecule has 0 aliphatic heterocycles. The Labute approximate surface area is 102 Å². The maximum absolute atomic E-state index is 12.4. The largest absolute Gasteiger partial charge is 0.416 e. The first-order chi connectivity index (χ1) is 8.48. The SMILES string of the molecule is O[C@H](c1ccc(C(F)(F)F)cc1)c1cccnc1. The summed E-state index contributed by atoms with van der Waals surface area (Å²) in [5.41, 5.74) is 0.206. The van der Waals surface area contributed by atoms with Gasteiger partial charge in [0.05, 0.1) is 5.56 Å². The third kappa shape index (κ3) is 2.68. The van der Waals surface area contributed by atoms with E-state index in [0.717, 1.165) is 12.1 Å². The summed E-state index contributed by atoms with van der Waals surface area (Å²) in [4.78, 5) is 3.85. The monoisotopic (exact) mass is 253 g/mol. The molecule has 2 nitrogen and oxygen atoms in total. The molecule has 0 bridgehead atoms. The van der Waals surface area contributed by atoms with E-state index in [2.05, 4.69) is 4.98 Å². The Hall–Kier alpha value is -1.88. The second-order valence-electron chi connectivity index (χ2n) is 3.81. The van der Waals surface area contributed by atoms with Crippen LogP contribution in [0.3, 0.4) is 0 Å². The van der Waals surface area contributed by atoms with Crippen molar-refractivity contribution in [3.8, 4) is 0 Å². The first-order valence-corrected chi connectivity index (χ1v) is 5.23. The Kier molecular flexibility index (Phi) is 3.34. The van der Waals surface area contributed by atoms with Crippen molar-refractivity contribution in [2.24, 2.45) is 0 Å². The Bertz CT molecular complexity index is 508. The van der Waals surface area contributed by atoms with Crippen LogP contribution in [-0.2, 0) is 6.18 Å². The highest BCUT2D eigenvalue weighted by molar-refractivity contribution is 5.31. The molecular weight excluding hydrogens is 243 g/mol. The van der Waals surface area contributed by atoms with Gasteiger partial charge in [0.2, 0.25) is 0 Å². The highest BCUT2D eigenvalue weighted by atomic mass is 19.4. The number of aliphatic hydroxyl groups excluding tert-OH is 1. The fourth-order valence-corrected chi connectivity index (χ4v) is 1.58. The molecule has 0 saturated heterocycles. The van der Waals surface area contributed by atoms with Crippen molar-refractivity contribution in [3.05, 3.63) is 65.5 Å². The molecule has 5 heteroatoms. The van der Waals surface area contributed by atoms with Gasteiger partial charge in [-0.1, -0.05) is 18.2 Å². The van der Waals surface area contributed by atoms with Crippen molar-refractivity contribution < 1.29 is 18.3 Å². The average molecular weight is 253 g/mol. The van der Waals surface area contributed by atoms with Gasteiger partial charge in [-0.15, -0.1) is 0 Å². The summed E-state index contributed by atoms with van der Waals surface area (Å²) in [6, 6.07) is 7.75. The van der Waals surface area contributed by atoms with E-state index in [-0.39, 0.29) is 0 Å². The van der Waals surface area contributed by atoms with E-state index in [9.17, 15) is 18.3 Å². The molecule has 1 heterocycles. The number of aromatic nitrogens is 1. The van der Waals surface area contributed by atoms with Crippen LogP contribution < -0.4 is 0 Å². The highest BCUT2D eigenvalue weighted by Crippen LogP contribution is 2.30. The minimum atomic E-state index is -4.36. The molecule has 0 spiro atoms. The van der Waals surface area contributed by atoms with Crippen LogP contribution >= 0.6 is 0 Å². The molecule has 1 N–H and O–H groups in total. The summed E-state index contributed by atoms with van der Waals surface area (Å²) in [5, 5.41) is 9.96. The lowest BCUT2D eigenvalue weighted by molar-refractivity contribution is -0.137. The van der Waals surface area contributed by atoms with Gasteiger partial charge in [-0.3, -0.25) is 4.98 Å². The van der Waals surface area contributed by atoms with Crippen LogP contribution in [0.25, 0.3) is 0 Å². The average Bonchev–Trinajstić information content (AvgIpc) is 2.38. The number of rotatable bonds is 2. The number of halogens is 3. The number of aliphatic hydroxyl groups is 1. The summed E-state index contributed by atoms with van der Waals surface area (Å²) in [6.07, 6.45) is -2.30. The highest BCUT2D eigenvalue weighted by Gasteiger charge is 2.30. The number of hydrogen-bond donors (Lipinski definition) is 1. The summed E-state index contributed by atoms with van der Waals surface area (Å²) in [5.74, 6) is 0. The predicted octanol–water partition coefficient (Wildman–Crippen LogP) is 3.18. The normalized spacial score (nSPS) is 13.3. The molecule has 2 rings (SSSR count). The molecule has 2 aromatic rings. The first-order valence-electron chi connectivity index (χ1n) is 5.23. The van der Waals surface area contributed by atoms with Crippen molar-refractivity contribution in [2.45, 2.75) is 12.3 Å². The van der Waals surface area contributed by atoms with E-state index in [4.69, 9.17) is 0 Å². The van der Waals surface area contributed by atoms with E-state index in [0.29, 0.717) is 11.1 Å². The van der Waals surface area contributed by atoms with Gasteiger partial charge in [0.1, 0.15) is 6.10 Å². The fourth-order valence-electron chi connectivity index (χ4n) is 1.58. The second kappa shape index (κ2) is 4.78. The lowest BCUT2D eigenvalue weighted by Gasteiger charge is -2.12. The van der Waals surface area contributed by atoms with Crippen LogP contribution in [-0.4, -0.2) is 10.1 Å². The zero-order chi connectivity index (χ0) is 13.2. The van der Waals surface area contributed by atoms with Gasteiger partial charge in [0.15, 0.2) is 0 Å². The summed E-state index contributed by atoms with van der Waals surface area (Å²) >= 11 is 0. The van der Waals surface area contributed by atoms with Crippen molar-refractivity contribution >= 4 is 0 Å². The van der Waals surface area contributed by atoms with E-state index >= 15 is 0 Å². The van der Waals surface area contributed by atoms with Gasteiger partial charge in [0, 0.05) is 18.0 Å². The molecule has 0 unspecified atom stereocenters. The molecule has 94 valence electrons. The molecule has 0 aliphatic rings. The van der Waals surface area contributed by atoms with Crippen LogP contribution in [0.1, 0.15) is 22.8 Å². The third-order valence-corrected chi connectivity index (χ3v) is 2.55. The van der Waals surface area contributed by atoms with Crippen LogP contribution in [0.4, 0.5) is 13.2 Å². The standard InChI is InChI=1S/C13H10F3NO/c14-13(15,16)11-5-3-9(4-6-11)12(18)10-2-1-7-17-8-10/h1-8,12,18H/t12-/m1/s1. The maximum atomic E-state index is 12.4. The van der Waals surface area contributed by atoms with Gasteiger partial charge >= 0.3 is 6.18 Å². The number of alkyl halides is 3. The molecule has 1 aromatic heterocycles. The van der Waals surface area contributed by atoms with Crippen LogP contribution in [0.5, 0.6) is 0 Å². The van der Waals surface area contributed by atoms with Crippen LogP contribution in [0.2, 0.25) is 0 Å². The topological polar surface area (TPSA) is 33.1 Å². The molecule has 0 aliphatic carbocycles. The molecular formula is C13H10F3NO.